The van der Waals surface area contributed by atoms with Gasteiger partial charge in [0, 0.05) is 0 Å². The van der Waals surface area contributed by atoms with Crippen LogP contribution in [0, 0.1) is 6.92 Å². The molecule has 14 heavy (non-hydrogen) atoms. The summed E-state index contributed by atoms with van der Waals surface area (Å²) in [7, 11) is 0. The summed E-state index contributed by atoms with van der Waals surface area (Å²) >= 11 is 0. The molecule has 1 aromatic rings. The van der Waals surface area contributed by atoms with Gasteiger partial charge in [-0.2, -0.15) is 0 Å². The van der Waals surface area contributed by atoms with Crippen molar-refractivity contribution in [3.05, 3.63) is 35.4 Å². The first kappa shape index (κ1) is 10.7. The third-order valence-electron chi connectivity index (χ3n) is 1.97. The first-order valence-corrected chi connectivity index (χ1v) is 4.73. The van der Waals surface area contributed by atoms with E-state index >= 15 is 0 Å². The van der Waals surface area contributed by atoms with Crippen molar-refractivity contribution in [2.24, 2.45) is 5.73 Å². The second kappa shape index (κ2) is 5.40. The van der Waals surface area contributed by atoms with Gasteiger partial charge < -0.3 is 11.1 Å². The van der Waals surface area contributed by atoms with Crippen LogP contribution >= 0.6 is 0 Å². The molecule has 0 aliphatic heterocycles. The normalized spacial score (nSPS) is 10.1. The molecule has 1 rings (SSSR count). The number of benzene rings is 1. The molecule has 3 heteroatoms. The lowest BCUT2D eigenvalue weighted by molar-refractivity contribution is -0.117. The van der Waals surface area contributed by atoms with Crippen LogP contribution in [0.5, 0.6) is 0 Å². The minimum atomic E-state index is -0.311. The number of hydrogen-bond acceptors (Lipinski definition) is 2. The number of carbonyl (C=O) groups excluding carboxylic acids is 1. The molecule has 1 aromatic carbocycles. The van der Waals surface area contributed by atoms with Gasteiger partial charge in [0.15, 0.2) is 0 Å². The van der Waals surface area contributed by atoms with Crippen LogP contribution in [0.3, 0.4) is 0 Å². The summed E-state index contributed by atoms with van der Waals surface area (Å²) in [6.45, 7) is 3.11. The number of carbonyl (C=O) groups is 1. The van der Waals surface area contributed by atoms with Crippen LogP contribution in [0.2, 0.25) is 0 Å². The fourth-order valence-corrected chi connectivity index (χ4v) is 1.31. The average Bonchev–Trinajstić information content (AvgIpc) is 2.12. The Morgan fingerprint density at radius 1 is 1.50 bits per heavy atom. The van der Waals surface area contributed by atoms with Gasteiger partial charge in [0.05, 0.1) is 6.54 Å². The number of nitrogens with one attached hydrogen (secondary N) is 1. The molecule has 0 unspecified atom stereocenters. The Kier molecular flexibility index (Phi) is 4.13. The predicted octanol–water partition coefficient (Wildman–Crippen LogP) is 0.612. The van der Waals surface area contributed by atoms with Crippen molar-refractivity contribution in [1.29, 1.82) is 0 Å². The zero-order valence-electron chi connectivity index (χ0n) is 8.42. The molecule has 3 nitrogen and oxygen atoms in total. The second-order valence-corrected chi connectivity index (χ2v) is 3.38. The third-order valence-corrected chi connectivity index (χ3v) is 1.97. The first-order chi connectivity index (χ1) is 6.68. The van der Waals surface area contributed by atoms with Gasteiger partial charge in [0.25, 0.3) is 0 Å². The molecular formula is C11H16N2O. The monoisotopic (exact) mass is 192 g/mol. The molecule has 0 aliphatic carbocycles. The van der Waals surface area contributed by atoms with E-state index in [0.717, 1.165) is 13.0 Å². The van der Waals surface area contributed by atoms with Crippen LogP contribution in [-0.4, -0.2) is 19.0 Å². The Balaban J connectivity index is 2.28. The highest BCUT2D eigenvalue weighted by atomic mass is 16.1. The van der Waals surface area contributed by atoms with Crippen LogP contribution in [0.4, 0.5) is 0 Å². The molecular weight excluding hydrogens is 176 g/mol. The number of aryl methyl sites for hydroxylation is 1. The van der Waals surface area contributed by atoms with Crippen LogP contribution in [0.25, 0.3) is 0 Å². The summed E-state index contributed by atoms with van der Waals surface area (Å²) in [4.78, 5) is 10.4. The van der Waals surface area contributed by atoms with Crippen molar-refractivity contribution in [1.82, 2.24) is 5.32 Å². The second-order valence-electron chi connectivity index (χ2n) is 3.38. The zero-order chi connectivity index (χ0) is 10.4. The van der Waals surface area contributed by atoms with Gasteiger partial charge in [-0.25, -0.2) is 0 Å². The van der Waals surface area contributed by atoms with Crippen molar-refractivity contribution in [2.45, 2.75) is 13.3 Å². The minimum absolute atomic E-state index is 0.256. The van der Waals surface area contributed by atoms with Crippen molar-refractivity contribution in [3.8, 4) is 0 Å². The third kappa shape index (κ3) is 4.05. The smallest absolute Gasteiger partial charge is 0.231 e. The summed E-state index contributed by atoms with van der Waals surface area (Å²) in [5.74, 6) is -0.311. The van der Waals surface area contributed by atoms with E-state index in [9.17, 15) is 4.79 Å². The lowest BCUT2D eigenvalue weighted by Gasteiger charge is -2.03. The molecule has 0 spiro atoms. The summed E-state index contributed by atoms with van der Waals surface area (Å²) in [6.07, 6.45) is 0.926. The predicted molar refractivity (Wildman–Crippen MR) is 56.9 cm³/mol. The molecule has 0 saturated carbocycles. The van der Waals surface area contributed by atoms with E-state index < -0.39 is 0 Å². The van der Waals surface area contributed by atoms with E-state index in [0.29, 0.717) is 0 Å². The topological polar surface area (TPSA) is 55.1 Å². The first-order valence-electron chi connectivity index (χ1n) is 4.73. The number of amides is 1. The van der Waals surface area contributed by atoms with Gasteiger partial charge in [-0.1, -0.05) is 29.8 Å². The average molecular weight is 192 g/mol. The van der Waals surface area contributed by atoms with E-state index in [1.54, 1.807) is 0 Å². The molecule has 0 bridgehead atoms. The summed E-state index contributed by atoms with van der Waals surface area (Å²) < 4.78 is 0. The van der Waals surface area contributed by atoms with Crippen LogP contribution in [-0.2, 0) is 11.2 Å². The van der Waals surface area contributed by atoms with Crippen molar-refractivity contribution in [3.63, 3.8) is 0 Å². The summed E-state index contributed by atoms with van der Waals surface area (Å²) in [6, 6.07) is 8.34. The van der Waals surface area contributed by atoms with Crippen molar-refractivity contribution < 1.29 is 4.79 Å². The number of primary amides is 1. The molecule has 0 heterocycles. The molecule has 76 valence electrons. The number of nitrogens with two attached hydrogens (primary N) is 1. The molecule has 0 aromatic heterocycles. The van der Waals surface area contributed by atoms with E-state index in [4.69, 9.17) is 5.73 Å². The maximum Gasteiger partial charge on any atom is 0.231 e. The Labute approximate surface area is 84.3 Å². The van der Waals surface area contributed by atoms with Gasteiger partial charge in [-0.05, 0) is 25.5 Å². The largest absolute Gasteiger partial charge is 0.369 e. The molecule has 0 saturated heterocycles. The lowest BCUT2D eigenvalue weighted by atomic mass is 10.1. The lowest BCUT2D eigenvalue weighted by Crippen LogP contribution is -2.29. The molecule has 3 N–H and O–H groups in total. The minimum Gasteiger partial charge on any atom is -0.369 e. The maximum atomic E-state index is 10.4. The Morgan fingerprint density at radius 3 is 2.93 bits per heavy atom. The fourth-order valence-electron chi connectivity index (χ4n) is 1.31. The Morgan fingerprint density at radius 2 is 2.29 bits per heavy atom. The fraction of sp³-hybridized carbons (Fsp3) is 0.364. The van der Waals surface area contributed by atoms with Crippen molar-refractivity contribution in [2.75, 3.05) is 13.1 Å². The van der Waals surface area contributed by atoms with E-state index in [1.807, 2.05) is 6.07 Å². The van der Waals surface area contributed by atoms with Crippen LogP contribution in [0.15, 0.2) is 24.3 Å². The van der Waals surface area contributed by atoms with Gasteiger partial charge in [-0.15, -0.1) is 0 Å². The van der Waals surface area contributed by atoms with Gasteiger partial charge in [0.2, 0.25) is 5.91 Å². The SMILES string of the molecule is Cc1cccc(CCNCC(N)=O)c1. The summed E-state index contributed by atoms with van der Waals surface area (Å²) in [5.41, 5.74) is 7.54. The molecule has 1 amide bonds. The molecule has 0 atom stereocenters. The van der Waals surface area contributed by atoms with Crippen LogP contribution in [0.1, 0.15) is 11.1 Å². The van der Waals surface area contributed by atoms with Crippen molar-refractivity contribution >= 4 is 5.91 Å². The van der Waals surface area contributed by atoms with E-state index in [-0.39, 0.29) is 12.5 Å². The number of rotatable bonds is 5. The number of hydrogen-bond donors (Lipinski definition) is 2. The summed E-state index contributed by atoms with van der Waals surface area (Å²) in [5, 5.41) is 2.98. The van der Waals surface area contributed by atoms with Gasteiger partial charge >= 0.3 is 0 Å². The quantitative estimate of drug-likeness (QED) is 0.672. The standard InChI is InChI=1S/C11H16N2O/c1-9-3-2-4-10(7-9)5-6-13-8-11(12)14/h2-4,7,13H,5-6,8H2,1H3,(H2,12,14). The van der Waals surface area contributed by atoms with Gasteiger partial charge in [0.1, 0.15) is 0 Å². The highest BCUT2D eigenvalue weighted by Gasteiger charge is 1.95. The van der Waals surface area contributed by atoms with Gasteiger partial charge in [-0.3, -0.25) is 4.79 Å². The van der Waals surface area contributed by atoms with E-state index in [1.165, 1.54) is 11.1 Å². The van der Waals surface area contributed by atoms with E-state index in [2.05, 4.69) is 30.4 Å². The Bertz CT molecular complexity index is 310. The molecule has 0 aliphatic rings. The van der Waals surface area contributed by atoms with Crippen LogP contribution < -0.4 is 11.1 Å². The maximum absolute atomic E-state index is 10.4. The molecule has 0 fully saturated rings. The molecule has 0 radical (unpaired) electrons. The Hall–Kier alpha value is -1.35. The zero-order valence-corrected chi connectivity index (χ0v) is 8.42. The highest BCUT2D eigenvalue weighted by Crippen LogP contribution is 2.03. The highest BCUT2D eigenvalue weighted by molar-refractivity contribution is 5.75.